The van der Waals surface area contributed by atoms with Gasteiger partial charge in [-0.1, -0.05) is 30.3 Å². The second-order valence-electron chi connectivity index (χ2n) is 5.34. The third-order valence-electron chi connectivity index (χ3n) is 3.97. The first-order valence-electron chi connectivity index (χ1n) is 7.13. The molecule has 0 amide bonds. The van der Waals surface area contributed by atoms with E-state index < -0.39 is 23.6 Å². The van der Waals surface area contributed by atoms with Gasteiger partial charge in [0.2, 0.25) is 0 Å². The maximum absolute atomic E-state index is 12.3. The molecule has 3 rings (SSSR count). The molecule has 1 aliphatic rings. The topological polar surface area (TPSA) is 117 Å². The van der Waals surface area contributed by atoms with E-state index in [4.69, 9.17) is 9.94 Å². The number of aromatic nitrogens is 2. The van der Waals surface area contributed by atoms with E-state index in [-0.39, 0.29) is 18.8 Å². The van der Waals surface area contributed by atoms with Gasteiger partial charge in [-0.15, -0.1) is 0 Å². The van der Waals surface area contributed by atoms with Crippen LogP contribution in [0.5, 0.6) is 0 Å². The summed E-state index contributed by atoms with van der Waals surface area (Å²) < 4.78 is 7.13. The zero-order chi connectivity index (χ0) is 16.4. The van der Waals surface area contributed by atoms with Crippen LogP contribution in [0.1, 0.15) is 12.0 Å². The molecule has 1 fully saturated rings. The third kappa shape index (κ3) is 2.62. The largest absolute Gasteiger partial charge is 0.394 e. The molecule has 0 bridgehead atoms. The van der Waals surface area contributed by atoms with Crippen molar-refractivity contribution in [1.29, 1.82) is 0 Å². The molecule has 23 heavy (non-hydrogen) atoms. The summed E-state index contributed by atoms with van der Waals surface area (Å²) >= 11 is 0. The van der Waals surface area contributed by atoms with Crippen LogP contribution in [0.15, 0.2) is 47.4 Å². The number of nitrogens with one attached hydrogen (secondary N) is 1. The van der Waals surface area contributed by atoms with Gasteiger partial charge in [-0.25, -0.2) is 4.79 Å². The van der Waals surface area contributed by atoms with Crippen molar-refractivity contribution in [2.45, 2.75) is 24.4 Å². The van der Waals surface area contributed by atoms with Gasteiger partial charge in [0.25, 0.3) is 0 Å². The van der Waals surface area contributed by atoms with Gasteiger partial charge in [-0.3, -0.25) is 15.3 Å². The van der Waals surface area contributed by atoms with E-state index in [2.05, 4.69) is 4.98 Å². The Hall–Kier alpha value is -2.26. The van der Waals surface area contributed by atoms with Gasteiger partial charge in [0.15, 0.2) is 11.5 Å². The van der Waals surface area contributed by atoms with Crippen LogP contribution < -0.4 is 11.2 Å². The quantitative estimate of drug-likeness (QED) is 0.581. The standard InChI is InChI=1S/C15H17N3O5/c19-9-12-11(20)8-15(23-12,10-4-2-1-3-5-10)18-7-6-13(17-22)16-14(18)21/h1-7,11-12,19-20,22H,8-9H2,(H,16,17,21)/t11-,12+,15-/m0/s1. The number of anilines is 1. The van der Waals surface area contributed by atoms with Gasteiger partial charge >= 0.3 is 5.69 Å². The molecule has 4 N–H and O–H groups in total. The minimum atomic E-state index is -1.27. The van der Waals surface area contributed by atoms with Crippen LogP contribution in [-0.4, -0.2) is 43.8 Å². The lowest BCUT2D eigenvalue weighted by molar-refractivity contribution is -0.0937. The summed E-state index contributed by atoms with van der Waals surface area (Å²) in [5, 5.41) is 28.4. The maximum atomic E-state index is 12.3. The molecule has 1 aliphatic heterocycles. The van der Waals surface area contributed by atoms with E-state index in [0.29, 0.717) is 5.56 Å². The molecule has 1 aromatic carbocycles. The fourth-order valence-corrected chi connectivity index (χ4v) is 2.87. The van der Waals surface area contributed by atoms with E-state index in [1.165, 1.54) is 16.8 Å². The monoisotopic (exact) mass is 319 g/mol. The molecule has 0 saturated carbocycles. The highest BCUT2D eigenvalue weighted by Gasteiger charge is 2.49. The Balaban J connectivity index is 2.16. The summed E-state index contributed by atoms with van der Waals surface area (Å²) in [5.74, 6) is 0.00622. The molecule has 1 aromatic heterocycles. The van der Waals surface area contributed by atoms with E-state index in [1.54, 1.807) is 24.3 Å². The van der Waals surface area contributed by atoms with E-state index in [9.17, 15) is 15.0 Å². The van der Waals surface area contributed by atoms with Crippen molar-refractivity contribution >= 4 is 5.82 Å². The smallest absolute Gasteiger partial charge is 0.352 e. The average molecular weight is 319 g/mol. The number of benzene rings is 1. The summed E-state index contributed by atoms with van der Waals surface area (Å²) in [6.07, 6.45) is -0.219. The summed E-state index contributed by atoms with van der Waals surface area (Å²) in [7, 11) is 0. The van der Waals surface area contributed by atoms with Gasteiger partial charge < -0.3 is 14.9 Å². The van der Waals surface area contributed by atoms with Gasteiger partial charge in [-0.2, -0.15) is 4.98 Å². The number of aliphatic hydroxyl groups is 2. The Morgan fingerprint density at radius 2 is 2.09 bits per heavy atom. The summed E-state index contributed by atoms with van der Waals surface area (Å²) in [5.41, 5.74) is 0.542. The maximum Gasteiger partial charge on any atom is 0.352 e. The molecule has 8 nitrogen and oxygen atoms in total. The fourth-order valence-electron chi connectivity index (χ4n) is 2.87. The molecule has 122 valence electrons. The fraction of sp³-hybridized carbons (Fsp3) is 0.333. The zero-order valence-corrected chi connectivity index (χ0v) is 12.2. The molecule has 8 heteroatoms. The number of ether oxygens (including phenoxy) is 1. The molecular weight excluding hydrogens is 302 g/mol. The number of aliphatic hydroxyl groups excluding tert-OH is 2. The molecule has 0 unspecified atom stereocenters. The molecule has 2 heterocycles. The lowest BCUT2D eigenvalue weighted by atomic mass is 9.97. The first kappa shape index (κ1) is 15.6. The predicted molar refractivity (Wildman–Crippen MR) is 80.0 cm³/mol. The van der Waals surface area contributed by atoms with E-state index in [0.717, 1.165) is 0 Å². The summed E-state index contributed by atoms with van der Waals surface area (Å²) in [6.45, 7) is -0.367. The number of nitrogens with zero attached hydrogens (tertiary/aromatic N) is 2. The van der Waals surface area contributed by atoms with Crippen LogP contribution >= 0.6 is 0 Å². The van der Waals surface area contributed by atoms with Crippen LogP contribution in [0.3, 0.4) is 0 Å². The molecule has 0 aliphatic carbocycles. The summed E-state index contributed by atoms with van der Waals surface area (Å²) in [6, 6.07) is 10.4. The first-order chi connectivity index (χ1) is 11.1. The van der Waals surface area contributed by atoms with Crippen LogP contribution in [0.25, 0.3) is 0 Å². The second-order valence-corrected chi connectivity index (χ2v) is 5.34. The van der Waals surface area contributed by atoms with Gasteiger partial charge in [0, 0.05) is 18.2 Å². The highest BCUT2D eigenvalue weighted by atomic mass is 16.6. The Morgan fingerprint density at radius 3 is 2.65 bits per heavy atom. The van der Waals surface area contributed by atoms with Crippen molar-refractivity contribution in [1.82, 2.24) is 9.55 Å². The highest BCUT2D eigenvalue weighted by Crippen LogP contribution is 2.39. The Labute approximate surface area is 131 Å². The highest BCUT2D eigenvalue weighted by molar-refractivity contribution is 5.30. The number of hydrogen-bond donors (Lipinski definition) is 4. The predicted octanol–water partition coefficient (Wildman–Crippen LogP) is -0.112. The number of hydrogen-bond acceptors (Lipinski definition) is 7. The lowest BCUT2D eigenvalue weighted by Crippen LogP contribution is -2.43. The Kier molecular flexibility index (Phi) is 4.14. The van der Waals surface area contributed by atoms with Gasteiger partial charge in [0.1, 0.15) is 6.10 Å². The van der Waals surface area contributed by atoms with Crippen molar-refractivity contribution in [3.63, 3.8) is 0 Å². The molecule has 1 saturated heterocycles. The minimum absolute atomic E-state index is 0.00622. The van der Waals surface area contributed by atoms with Crippen molar-refractivity contribution in [2.75, 3.05) is 12.1 Å². The second kappa shape index (κ2) is 6.09. The average Bonchev–Trinajstić information content (AvgIpc) is 2.93. The van der Waals surface area contributed by atoms with Crippen LogP contribution in [0.4, 0.5) is 5.82 Å². The van der Waals surface area contributed by atoms with Crippen LogP contribution in [0, 0.1) is 0 Å². The van der Waals surface area contributed by atoms with Crippen LogP contribution in [0.2, 0.25) is 0 Å². The Bertz CT molecular complexity index is 735. The summed E-state index contributed by atoms with van der Waals surface area (Å²) in [4.78, 5) is 16.0. The lowest BCUT2D eigenvalue weighted by Gasteiger charge is -2.31. The van der Waals surface area contributed by atoms with Crippen molar-refractivity contribution < 1.29 is 20.2 Å². The van der Waals surface area contributed by atoms with Crippen molar-refractivity contribution in [3.8, 4) is 0 Å². The zero-order valence-electron chi connectivity index (χ0n) is 12.2. The molecule has 0 spiro atoms. The molecule has 0 radical (unpaired) electrons. The van der Waals surface area contributed by atoms with Gasteiger partial charge in [-0.05, 0) is 6.07 Å². The SMILES string of the molecule is O=c1nc(NO)ccn1[C@@]1(c2ccccc2)C[C@H](O)[C@@H](CO)O1. The van der Waals surface area contributed by atoms with Crippen molar-refractivity contribution in [3.05, 3.63) is 58.6 Å². The molecule has 2 aromatic rings. The first-order valence-corrected chi connectivity index (χ1v) is 7.13. The van der Waals surface area contributed by atoms with Gasteiger partial charge in [0.05, 0.1) is 12.7 Å². The third-order valence-corrected chi connectivity index (χ3v) is 3.97. The molecule has 3 atom stereocenters. The molecular formula is C15H17N3O5. The minimum Gasteiger partial charge on any atom is -0.394 e. The van der Waals surface area contributed by atoms with Crippen LogP contribution in [-0.2, 0) is 10.5 Å². The van der Waals surface area contributed by atoms with E-state index in [1.807, 2.05) is 11.5 Å². The van der Waals surface area contributed by atoms with E-state index >= 15 is 0 Å². The Morgan fingerprint density at radius 1 is 1.35 bits per heavy atom. The normalized spacial score (nSPS) is 27.1. The number of rotatable bonds is 4. The van der Waals surface area contributed by atoms with Crippen molar-refractivity contribution in [2.24, 2.45) is 0 Å².